The van der Waals surface area contributed by atoms with Crippen molar-refractivity contribution in [3.05, 3.63) is 0 Å². The lowest BCUT2D eigenvalue weighted by molar-refractivity contribution is -0.143. The summed E-state index contributed by atoms with van der Waals surface area (Å²) in [5.74, 6) is 0.0549. The lowest BCUT2D eigenvalue weighted by Gasteiger charge is -2.43. The van der Waals surface area contributed by atoms with Gasteiger partial charge < -0.3 is 15.8 Å². The first-order valence-electron chi connectivity index (χ1n) is 6.28. The smallest absolute Gasteiger partial charge is 0.236 e. The molecule has 1 fully saturated rings. The maximum absolute atomic E-state index is 12.5. The molecular formula is C12H23N3O2. The standard InChI is InChI=1S/C12H23N3O2/c1-4-9(5-2)15(3)11(16)12(7-6-8-12)10(13)14-17/h9,17H,4-8H2,1-3H3,(H2,13,14). The molecule has 5 nitrogen and oxygen atoms in total. The first-order chi connectivity index (χ1) is 8.03. The summed E-state index contributed by atoms with van der Waals surface area (Å²) in [7, 11) is 1.81. The van der Waals surface area contributed by atoms with Gasteiger partial charge in [0.05, 0.1) is 0 Å². The van der Waals surface area contributed by atoms with Crippen LogP contribution in [-0.2, 0) is 4.79 Å². The maximum Gasteiger partial charge on any atom is 0.236 e. The van der Waals surface area contributed by atoms with E-state index in [1.807, 2.05) is 7.05 Å². The number of oxime groups is 1. The van der Waals surface area contributed by atoms with E-state index in [0.29, 0.717) is 12.8 Å². The fraction of sp³-hybridized carbons (Fsp3) is 0.833. The van der Waals surface area contributed by atoms with Gasteiger partial charge in [0.25, 0.3) is 0 Å². The Balaban J connectivity index is 2.87. The first kappa shape index (κ1) is 13.8. The van der Waals surface area contributed by atoms with Crippen LogP contribution in [-0.4, -0.2) is 34.9 Å². The van der Waals surface area contributed by atoms with Gasteiger partial charge in [0.15, 0.2) is 5.84 Å². The largest absolute Gasteiger partial charge is 0.409 e. The van der Waals surface area contributed by atoms with Gasteiger partial charge in [-0.1, -0.05) is 25.4 Å². The summed E-state index contributed by atoms with van der Waals surface area (Å²) in [5, 5.41) is 11.9. The number of carbonyl (C=O) groups is 1. The minimum atomic E-state index is -0.744. The van der Waals surface area contributed by atoms with Gasteiger partial charge >= 0.3 is 0 Å². The average molecular weight is 241 g/mol. The highest BCUT2D eigenvalue weighted by Gasteiger charge is 2.50. The van der Waals surface area contributed by atoms with Crippen LogP contribution in [0.3, 0.4) is 0 Å². The number of hydrogen-bond donors (Lipinski definition) is 2. The van der Waals surface area contributed by atoms with Gasteiger partial charge in [-0.25, -0.2) is 0 Å². The molecular weight excluding hydrogens is 218 g/mol. The van der Waals surface area contributed by atoms with Crippen molar-refractivity contribution in [3.8, 4) is 0 Å². The normalized spacial score (nSPS) is 18.9. The number of nitrogens with two attached hydrogens (primary N) is 1. The third-order valence-electron chi connectivity index (χ3n) is 4.03. The molecule has 3 N–H and O–H groups in total. The Labute approximate surface area is 103 Å². The predicted molar refractivity (Wildman–Crippen MR) is 66.8 cm³/mol. The zero-order chi connectivity index (χ0) is 13.1. The van der Waals surface area contributed by atoms with Crippen LogP contribution in [0.2, 0.25) is 0 Å². The zero-order valence-corrected chi connectivity index (χ0v) is 10.9. The molecule has 1 rings (SSSR count). The molecule has 0 aromatic carbocycles. The molecule has 0 unspecified atom stereocenters. The quantitative estimate of drug-likeness (QED) is 0.332. The third kappa shape index (κ3) is 2.23. The van der Waals surface area contributed by atoms with E-state index < -0.39 is 5.41 Å². The summed E-state index contributed by atoms with van der Waals surface area (Å²) in [4.78, 5) is 14.2. The van der Waals surface area contributed by atoms with Gasteiger partial charge in [0.1, 0.15) is 5.41 Å². The molecule has 1 amide bonds. The molecule has 0 aliphatic heterocycles. The van der Waals surface area contributed by atoms with Crippen molar-refractivity contribution in [2.24, 2.45) is 16.3 Å². The van der Waals surface area contributed by atoms with Crippen LogP contribution in [0.4, 0.5) is 0 Å². The van der Waals surface area contributed by atoms with E-state index in [4.69, 9.17) is 10.9 Å². The van der Waals surface area contributed by atoms with Crippen LogP contribution in [0.1, 0.15) is 46.0 Å². The van der Waals surface area contributed by atoms with Gasteiger partial charge in [-0.2, -0.15) is 0 Å². The molecule has 0 aromatic heterocycles. The lowest BCUT2D eigenvalue weighted by atomic mass is 9.66. The van der Waals surface area contributed by atoms with Crippen LogP contribution >= 0.6 is 0 Å². The molecule has 1 aliphatic carbocycles. The molecule has 5 heteroatoms. The van der Waals surface area contributed by atoms with Gasteiger partial charge in [-0.3, -0.25) is 4.79 Å². The van der Waals surface area contributed by atoms with Crippen LogP contribution in [0.25, 0.3) is 0 Å². The van der Waals surface area contributed by atoms with Crippen molar-refractivity contribution in [1.82, 2.24) is 4.90 Å². The molecule has 0 bridgehead atoms. The van der Waals surface area contributed by atoms with Crippen molar-refractivity contribution < 1.29 is 10.0 Å². The van der Waals surface area contributed by atoms with E-state index in [-0.39, 0.29) is 17.8 Å². The average Bonchev–Trinajstić information content (AvgIpc) is 2.28. The fourth-order valence-electron chi connectivity index (χ4n) is 2.55. The molecule has 1 aliphatic rings. The fourth-order valence-corrected chi connectivity index (χ4v) is 2.55. The van der Waals surface area contributed by atoms with Crippen molar-refractivity contribution in [3.63, 3.8) is 0 Å². The minimum absolute atomic E-state index is 0.00671. The molecule has 98 valence electrons. The summed E-state index contributed by atoms with van der Waals surface area (Å²) < 4.78 is 0. The minimum Gasteiger partial charge on any atom is -0.409 e. The molecule has 17 heavy (non-hydrogen) atoms. The summed E-state index contributed by atoms with van der Waals surface area (Å²) in [5.41, 5.74) is 4.94. The number of carbonyl (C=O) groups excluding carboxylic acids is 1. The number of amides is 1. The third-order valence-corrected chi connectivity index (χ3v) is 4.03. The number of rotatable bonds is 5. The Hall–Kier alpha value is -1.26. The SMILES string of the molecule is CCC(CC)N(C)C(=O)C1(C(N)=NO)CCC1. The molecule has 0 spiro atoms. The Bertz CT molecular complexity index is 307. The Morgan fingerprint density at radius 3 is 2.29 bits per heavy atom. The van der Waals surface area contributed by atoms with Gasteiger partial charge in [0, 0.05) is 13.1 Å². The van der Waals surface area contributed by atoms with E-state index in [1.54, 1.807) is 4.90 Å². The van der Waals surface area contributed by atoms with Gasteiger partial charge in [-0.15, -0.1) is 0 Å². The highest BCUT2D eigenvalue weighted by molar-refractivity contribution is 6.07. The van der Waals surface area contributed by atoms with Crippen molar-refractivity contribution in [2.75, 3.05) is 7.05 Å². The van der Waals surface area contributed by atoms with E-state index in [9.17, 15) is 4.79 Å². The Morgan fingerprint density at radius 1 is 1.47 bits per heavy atom. The zero-order valence-electron chi connectivity index (χ0n) is 10.9. The predicted octanol–water partition coefficient (Wildman–Crippen LogP) is 1.55. The highest BCUT2D eigenvalue weighted by atomic mass is 16.4. The van der Waals surface area contributed by atoms with E-state index in [2.05, 4.69) is 19.0 Å². The van der Waals surface area contributed by atoms with Gasteiger partial charge in [0.2, 0.25) is 5.91 Å². The molecule has 0 saturated heterocycles. The lowest BCUT2D eigenvalue weighted by Crippen LogP contribution is -2.56. The number of amidine groups is 1. The van der Waals surface area contributed by atoms with Crippen molar-refractivity contribution >= 4 is 11.7 Å². The molecule has 0 heterocycles. The van der Waals surface area contributed by atoms with Crippen molar-refractivity contribution in [2.45, 2.75) is 52.0 Å². The first-order valence-corrected chi connectivity index (χ1v) is 6.28. The maximum atomic E-state index is 12.5. The topological polar surface area (TPSA) is 78.9 Å². The Morgan fingerprint density at radius 2 is 2.00 bits per heavy atom. The molecule has 0 aromatic rings. The summed E-state index contributed by atoms with van der Waals surface area (Å²) in [6, 6.07) is 0.228. The monoisotopic (exact) mass is 241 g/mol. The second-order valence-corrected chi connectivity index (χ2v) is 4.81. The number of nitrogens with zero attached hydrogens (tertiary/aromatic N) is 2. The van der Waals surface area contributed by atoms with Crippen LogP contribution in [0.15, 0.2) is 5.16 Å². The molecule has 1 saturated carbocycles. The summed E-state index contributed by atoms with van der Waals surface area (Å²) in [6.45, 7) is 4.13. The van der Waals surface area contributed by atoms with E-state index in [1.165, 1.54) is 0 Å². The van der Waals surface area contributed by atoms with E-state index in [0.717, 1.165) is 19.3 Å². The number of hydrogen-bond acceptors (Lipinski definition) is 3. The summed E-state index contributed by atoms with van der Waals surface area (Å²) >= 11 is 0. The highest BCUT2D eigenvalue weighted by Crippen LogP contribution is 2.43. The molecule has 0 atom stereocenters. The van der Waals surface area contributed by atoms with Crippen molar-refractivity contribution in [1.29, 1.82) is 0 Å². The van der Waals surface area contributed by atoms with Crippen LogP contribution in [0, 0.1) is 5.41 Å². The van der Waals surface area contributed by atoms with E-state index >= 15 is 0 Å². The van der Waals surface area contributed by atoms with Crippen LogP contribution in [0.5, 0.6) is 0 Å². The van der Waals surface area contributed by atoms with Crippen LogP contribution < -0.4 is 5.73 Å². The summed E-state index contributed by atoms with van der Waals surface area (Å²) in [6.07, 6.45) is 4.17. The Kier molecular flexibility index (Phi) is 4.37. The van der Waals surface area contributed by atoms with Gasteiger partial charge in [-0.05, 0) is 25.7 Å². The second-order valence-electron chi connectivity index (χ2n) is 4.81. The second kappa shape index (κ2) is 5.38. The molecule has 0 radical (unpaired) electrons.